The summed E-state index contributed by atoms with van der Waals surface area (Å²) in [6.45, 7) is 2.57. The van der Waals surface area contributed by atoms with Crippen molar-refractivity contribution in [3.05, 3.63) is 83.7 Å². The van der Waals surface area contributed by atoms with E-state index in [0.717, 1.165) is 12.1 Å². The number of benzene rings is 3. The van der Waals surface area contributed by atoms with E-state index >= 15 is 0 Å². The van der Waals surface area contributed by atoms with E-state index in [2.05, 4.69) is 27.2 Å². The van der Waals surface area contributed by atoms with E-state index in [-0.39, 0.29) is 23.7 Å². The van der Waals surface area contributed by atoms with Crippen LogP contribution in [0, 0.1) is 11.7 Å². The van der Waals surface area contributed by atoms with Crippen molar-refractivity contribution >= 4 is 17.3 Å². The van der Waals surface area contributed by atoms with E-state index in [1.807, 2.05) is 42.5 Å². The number of halogens is 1. The Hall–Kier alpha value is -3.74. The van der Waals surface area contributed by atoms with Crippen LogP contribution in [0.15, 0.2) is 66.7 Å². The molecule has 5 rings (SSSR count). The first-order valence-electron chi connectivity index (χ1n) is 12.4. The Morgan fingerprint density at radius 3 is 2.50 bits per heavy atom. The summed E-state index contributed by atoms with van der Waals surface area (Å²) in [6.07, 6.45) is 1.36. The van der Waals surface area contributed by atoms with Crippen LogP contribution in [0.3, 0.4) is 0 Å². The zero-order valence-corrected chi connectivity index (χ0v) is 20.7. The molecular formula is C29H32FN3O3. The number of nitrogens with one attached hydrogen (secondary N) is 1. The van der Waals surface area contributed by atoms with Crippen molar-refractivity contribution in [1.29, 1.82) is 0 Å². The molecule has 7 heteroatoms. The van der Waals surface area contributed by atoms with Crippen LogP contribution in [0.4, 0.5) is 15.8 Å². The molecule has 0 aliphatic carbocycles. The van der Waals surface area contributed by atoms with E-state index in [4.69, 9.17) is 9.47 Å². The normalized spacial score (nSPS) is 18.8. The zero-order chi connectivity index (χ0) is 25.1. The van der Waals surface area contributed by atoms with Gasteiger partial charge >= 0.3 is 0 Å². The van der Waals surface area contributed by atoms with Crippen LogP contribution in [-0.2, 0) is 17.6 Å². The quantitative estimate of drug-likeness (QED) is 0.542. The van der Waals surface area contributed by atoms with Crippen LogP contribution >= 0.6 is 0 Å². The third kappa shape index (κ3) is 4.70. The first-order valence-corrected chi connectivity index (χ1v) is 12.4. The predicted molar refractivity (Wildman–Crippen MR) is 140 cm³/mol. The van der Waals surface area contributed by atoms with Crippen LogP contribution in [0.2, 0.25) is 0 Å². The van der Waals surface area contributed by atoms with Gasteiger partial charge in [-0.15, -0.1) is 0 Å². The topological polar surface area (TPSA) is 54.0 Å². The number of para-hydroxylation sites is 2. The number of carbonyl (C=O) groups excluding carboxylic acids is 1. The number of rotatable bonds is 7. The van der Waals surface area contributed by atoms with Gasteiger partial charge in [-0.2, -0.15) is 0 Å². The minimum atomic E-state index is -0.224. The molecule has 1 fully saturated rings. The highest BCUT2D eigenvalue weighted by molar-refractivity contribution is 5.82. The lowest BCUT2D eigenvalue weighted by molar-refractivity contribution is -0.125. The number of amides is 1. The largest absolute Gasteiger partial charge is 0.493 e. The van der Waals surface area contributed by atoms with Gasteiger partial charge in [0, 0.05) is 31.9 Å². The maximum Gasteiger partial charge on any atom is 0.225 e. The fourth-order valence-electron chi connectivity index (χ4n) is 5.48. The van der Waals surface area contributed by atoms with Crippen LogP contribution in [0.5, 0.6) is 11.5 Å². The molecule has 2 heterocycles. The Kier molecular flexibility index (Phi) is 6.98. The van der Waals surface area contributed by atoms with Crippen molar-refractivity contribution in [3.63, 3.8) is 0 Å². The minimum absolute atomic E-state index is 0.0330. The molecule has 1 N–H and O–H groups in total. The van der Waals surface area contributed by atoms with Gasteiger partial charge in [0.2, 0.25) is 5.91 Å². The molecule has 36 heavy (non-hydrogen) atoms. The lowest BCUT2D eigenvalue weighted by Gasteiger charge is -2.49. The monoisotopic (exact) mass is 489 g/mol. The predicted octanol–water partition coefficient (Wildman–Crippen LogP) is 4.07. The Morgan fingerprint density at radius 2 is 1.72 bits per heavy atom. The number of hydrogen-bond acceptors (Lipinski definition) is 5. The van der Waals surface area contributed by atoms with Crippen molar-refractivity contribution in [1.82, 2.24) is 5.32 Å². The van der Waals surface area contributed by atoms with Crippen LogP contribution in [0.1, 0.15) is 11.1 Å². The molecule has 2 aliphatic rings. The van der Waals surface area contributed by atoms with Gasteiger partial charge in [0.25, 0.3) is 0 Å². The van der Waals surface area contributed by atoms with Gasteiger partial charge in [-0.25, -0.2) is 4.39 Å². The van der Waals surface area contributed by atoms with E-state index in [1.54, 1.807) is 20.3 Å². The van der Waals surface area contributed by atoms with Crippen molar-refractivity contribution in [2.45, 2.75) is 18.9 Å². The van der Waals surface area contributed by atoms with Gasteiger partial charge in [0.1, 0.15) is 5.82 Å². The molecule has 0 unspecified atom stereocenters. The zero-order valence-electron chi connectivity index (χ0n) is 20.7. The van der Waals surface area contributed by atoms with E-state index in [1.165, 1.54) is 17.3 Å². The molecule has 1 saturated heterocycles. The van der Waals surface area contributed by atoms with Crippen LogP contribution < -0.4 is 24.6 Å². The Bertz CT molecular complexity index is 1230. The molecule has 0 radical (unpaired) electrons. The number of ether oxygens (including phenoxy) is 2. The third-order valence-electron chi connectivity index (χ3n) is 7.31. The van der Waals surface area contributed by atoms with Gasteiger partial charge in [0.15, 0.2) is 11.5 Å². The number of hydrogen-bond donors (Lipinski definition) is 1. The fourth-order valence-corrected chi connectivity index (χ4v) is 5.48. The molecule has 2 atom stereocenters. The summed E-state index contributed by atoms with van der Waals surface area (Å²) in [5, 5.41) is 3.17. The molecule has 3 aromatic rings. The molecule has 0 spiro atoms. The number of anilines is 2. The molecule has 0 saturated carbocycles. The summed E-state index contributed by atoms with van der Waals surface area (Å²) in [6, 6.07) is 21.0. The molecule has 2 aliphatic heterocycles. The first kappa shape index (κ1) is 24.0. The standard InChI is InChI=1S/C29H32FN3O3/c1-35-27-12-11-20(17-28(27)36-2)13-14-31-29(34)22-18-21-7-3-5-9-24(21)33-16-15-32(19-26(22)33)25-10-6-4-8-23(25)30/h3-12,17,22,26H,13-16,18-19H2,1-2H3,(H,31,34)/t22-,26-/m1/s1. The van der Waals surface area contributed by atoms with Gasteiger partial charge < -0.3 is 24.6 Å². The summed E-state index contributed by atoms with van der Waals surface area (Å²) in [7, 11) is 3.23. The second kappa shape index (κ2) is 10.5. The Labute approximate surface area is 211 Å². The number of carbonyl (C=O) groups is 1. The van der Waals surface area contributed by atoms with Crippen molar-refractivity contribution in [2.75, 3.05) is 50.2 Å². The van der Waals surface area contributed by atoms with Gasteiger partial charge in [-0.3, -0.25) is 4.79 Å². The molecule has 0 aromatic heterocycles. The lowest BCUT2D eigenvalue weighted by atomic mass is 9.83. The minimum Gasteiger partial charge on any atom is -0.493 e. The number of piperazine rings is 1. The first-order chi connectivity index (χ1) is 17.6. The summed E-state index contributed by atoms with van der Waals surface area (Å²) in [4.78, 5) is 17.9. The molecule has 0 bridgehead atoms. The van der Waals surface area contributed by atoms with E-state index in [9.17, 15) is 9.18 Å². The average molecular weight is 490 g/mol. The van der Waals surface area contributed by atoms with Crippen molar-refractivity contribution in [2.24, 2.45) is 5.92 Å². The molecule has 6 nitrogen and oxygen atoms in total. The van der Waals surface area contributed by atoms with E-state index in [0.29, 0.717) is 49.7 Å². The maximum absolute atomic E-state index is 14.6. The summed E-state index contributed by atoms with van der Waals surface area (Å²) < 4.78 is 25.3. The van der Waals surface area contributed by atoms with Gasteiger partial charge in [0.05, 0.1) is 31.9 Å². The maximum atomic E-state index is 14.6. The highest BCUT2D eigenvalue weighted by Crippen LogP contribution is 2.37. The van der Waals surface area contributed by atoms with Crippen molar-refractivity contribution < 1.29 is 18.7 Å². The van der Waals surface area contributed by atoms with Crippen molar-refractivity contribution in [3.8, 4) is 11.5 Å². The highest BCUT2D eigenvalue weighted by atomic mass is 19.1. The van der Waals surface area contributed by atoms with Gasteiger partial charge in [-0.05, 0) is 54.3 Å². The van der Waals surface area contributed by atoms with Crippen LogP contribution in [0.25, 0.3) is 0 Å². The Morgan fingerprint density at radius 1 is 0.972 bits per heavy atom. The Balaban J connectivity index is 1.32. The van der Waals surface area contributed by atoms with E-state index < -0.39 is 0 Å². The highest BCUT2D eigenvalue weighted by Gasteiger charge is 2.41. The average Bonchev–Trinajstić information content (AvgIpc) is 2.92. The summed E-state index contributed by atoms with van der Waals surface area (Å²) in [5.41, 5.74) is 4.04. The summed E-state index contributed by atoms with van der Waals surface area (Å²) in [5.74, 6) is 0.951. The summed E-state index contributed by atoms with van der Waals surface area (Å²) >= 11 is 0. The lowest BCUT2D eigenvalue weighted by Crippen LogP contribution is -2.61. The number of nitrogens with zero attached hydrogens (tertiary/aromatic N) is 2. The SMILES string of the molecule is COc1ccc(CCNC(=O)[C@@H]2Cc3ccccc3N3CCN(c4ccccc4F)C[C@H]23)cc1OC. The molecular weight excluding hydrogens is 457 g/mol. The smallest absolute Gasteiger partial charge is 0.225 e. The fraction of sp³-hybridized carbons (Fsp3) is 0.345. The molecule has 3 aromatic carbocycles. The van der Waals surface area contributed by atoms with Crippen LogP contribution in [-0.4, -0.2) is 52.3 Å². The molecule has 1 amide bonds. The number of methoxy groups -OCH3 is 2. The second-order valence-corrected chi connectivity index (χ2v) is 9.33. The second-order valence-electron chi connectivity index (χ2n) is 9.33. The number of fused-ring (bicyclic) bond motifs is 3. The van der Waals surface area contributed by atoms with Gasteiger partial charge in [-0.1, -0.05) is 36.4 Å². The third-order valence-corrected chi connectivity index (χ3v) is 7.31. The molecule has 188 valence electrons.